The van der Waals surface area contributed by atoms with Gasteiger partial charge in [-0.2, -0.15) is 5.26 Å². The molecule has 5 N–H and O–H groups in total. The molecule has 49 heavy (non-hydrogen) atoms. The second-order valence-electron chi connectivity index (χ2n) is 10.4. The van der Waals surface area contributed by atoms with Crippen LogP contribution >= 0.6 is 23.1 Å². The maximum absolute atomic E-state index is 13.9. The number of rotatable bonds is 11. The molecule has 1 atom stereocenters. The number of anilines is 3. The van der Waals surface area contributed by atoms with E-state index in [-0.39, 0.29) is 26.6 Å². The molecule has 0 bridgehead atoms. The number of carboxylic acids is 2. The molecule has 0 saturated heterocycles. The van der Waals surface area contributed by atoms with Crippen molar-refractivity contribution in [1.29, 1.82) is 5.26 Å². The van der Waals surface area contributed by atoms with E-state index in [0.717, 1.165) is 29.5 Å². The third-order valence-electron chi connectivity index (χ3n) is 7.16. The second-order valence-corrected chi connectivity index (χ2v) is 12.6. The molecule has 1 heterocycles. The van der Waals surface area contributed by atoms with E-state index in [4.69, 9.17) is 0 Å². The first kappa shape index (κ1) is 34.1. The zero-order valence-corrected chi connectivity index (χ0v) is 27.2. The predicted molar refractivity (Wildman–Crippen MR) is 187 cm³/mol. The number of thioether (sulfide) groups is 1. The van der Waals surface area contributed by atoms with Crippen LogP contribution in [0.3, 0.4) is 0 Å². The number of benzene rings is 4. The van der Waals surface area contributed by atoms with Crippen molar-refractivity contribution in [2.45, 2.75) is 17.1 Å². The van der Waals surface area contributed by atoms with E-state index in [1.165, 1.54) is 11.8 Å². The topological polar surface area (TPSA) is 186 Å². The average molecular weight is 691 g/mol. The molecule has 244 valence electrons. The number of nitriles is 1. The minimum Gasteiger partial charge on any atom is -0.478 e. The Bertz CT molecular complexity index is 2130. The summed E-state index contributed by atoms with van der Waals surface area (Å²) < 4.78 is 0. The molecule has 0 spiro atoms. The summed E-state index contributed by atoms with van der Waals surface area (Å²) in [7, 11) is 0. The van der Waals surface area contributed by atoms with E-state index in [2.05, 4.69) is 22.0 Å². The van der Waals surface area contributed by atoms with Gasteiger partial charge in [-0.15, -0.1) is 23.1 Å². The van der Waals surface area contributed by atoms with Crippen LogP contribution in [-0.4, -0.2) is 39.9 Å². The van der Waals surface area contributed by atoms with Crippen molar-refractivity contribution in [1.82, 2.24) is 0 Å². The van der Waals surface area contributed by atoms with Gasteiger partial charge in [0.15, 0.2) is 0 Å². The summed E-state index contributed by atoms with van der Waals surface area (Å²) in [6.07, 6.45) is 0. The molecule has 0 aliphatic rings. The van der Waals surface area contributed by atoms with Crippen molar-refractivity contribution in [2.75, 3.05) is 16.0 Å². The van der Waals surface area contributed by atoms with Gasteiger partial charge in [0.25, 0.3) is 11.8 Å². The fourth-order valence-corrected chi connectivity index (χ4v) is 6.91. The number of carbonyl (C=O) groups is 5. The molecule has 4 aromatic carbocycles. The maximum Gasteiger partial charge on any atom is 0.336 e. The number of amides is 3. The summed E-state index contributed by atoms with van der Waals surface area (Å²) in [5.74, 6) is -4.42. The normalized spacial score (nSPS) is 11.1. The molecule has 0 radical (unpaired) electrons. The Morgan fingerprint density at radius 1 is 0.735 bits per heavy atom. The van der Waals surface area contributed by atoms with Gasteiger partial charge in [0.1, 0.15) is 16.3 Å². The lowest BCUT2D eigenvalue weighted by atomic mass is 10.0. The highest BCUT2D eigenvalue weighted by molar-refractivity contribution is 8.00. The third kappa shape index (κ3) is 8.02. The van der Waals surface area contributed by atoms with Gasteiger partial charge in [0.05, 0.1) is 27.1 Å². The molecule has 0 saturated carbocycles. The van der Waals surface area contributed by atoms with Gasteiger partial charge in [-0.05, 0) is 66.6 Å². The molecule has 5 aromatic rings. The summed E-state index contributed by atoms with van der Waals surface area (Å²) in [5, 5.41) is 36.4. The lowest BCUT2D eigenvalue weighted by Gasteiger charge is -2.17. The first-order chi connectivity index (χ1) is 23.5. The molecule has 0 fully saturated rings. The third-order valence-corrected chi connectivity index (χ3v) is 9.62. The van der Waals surface area contributed by atoms with E-state index in [9.17, 15) is 39.4 Å². The van der Waals surface area contributed by atoms with Gasteiger partial charge in [0.2, 0.25) is 5.91 Å². The molecule has 1 unspecified atom stereocenters. The van der Waals surface area contributed by atoms with Gasteiger partial charge in [-0.25, -0.2) is 9.59 Å². The lowest BCUT2D eigenvalue weighted by molar-refractivity contribution is -0.115. The van der Waals surface area contributed by atoms with Gasteiger partial charge < -0.3 is 26.2 Å². The largest absolute Gasteiger partial charge is 0.478 e. The highest BCUT2D eigenvalue weighted by Crippen LogP contribution is 2.39. The Morgan fingerprint density at radius 3 is 2.04 bits per heavy atom. The molecule has 0 aliphatic heterocycles. The predicted octanol–water partition coefficient (Wildman–Crippen LogP) is 7.30. The second kappa shape index (κ2) is 15.1. The number of hydrogen-bond donors (Lipinski definition) is 5. The Labute approximate surface area is 288 Å². The molecule has 13 heteroatoms. The number of aromatic carboxylic acids is 2. The minimum absolute atomic E-state index is 0.176. The van der Waals surface area contributed by atoms with Crippen LogP contribution < -0.4 is 16.0 Å². The monoisotopic (exact) mass is 690 g/mol. The first-order valence-corrected chi connectivity index (χ1v) is 16.2. The number of hydrogen-bond acceptors (Lipinski definition) is 8. The highest BCUT2D eigenvalue weighted by atomic mass is 32.2. The van der Waals surface area contributed by atoms with Crippen LogP contribution in [0.5, 0.6) is 0 Å². The molecule has 1 aromatic heterocycles. The standard InChI is InChI=1S/C36H26N4O7S2/c1-20-28(19-37)34(49-29(20)32(42)38-23-11-6-3-7-12-23)40-33(43)30(21-9-4-2-5-10-21)48-25-14-8-13-24(18-25)39-31(41)26-16-15-22(35(44)45)17-27(26)36(46)47/h2-18,30H,1H3,(H,38,42)(H,39,41)(H,40,43)(H,44,45)(H,46,47). The summed E-state index contributed by atoms with van der Waals surface area (Å²) >= 11 is 2.17. The number of carbonyl (C=O) groups excluding carboxylic acids is 3. The molecule has 3 amide bonds. The van der Waals surface area contributed by atoms with Crippen LogP contribution in [0.2, 0.25) is 0 Å². The fraction of sp³-hybridized carbons (Fsp3) is 0.0556. The Balaban J connectivity index is 1.38. The molecular formula is C36H26N4O7S2. The summed E-state index contributed by atoms with van der Waals surface area (Å²) in [6, 6.07) is 29.7. The maximum atomic E-state index is 13.9. The summed E-state index contributed by atoms with van der Waals surface area (Å²) in [4.78, 5) is 64.0. The van der Waals surface area contributed by atoms with Crippen molar-refractivity contribution in [3.05, 3.63) is 141 Å². The smallest absolute Gasteiger partial charge is 0.336 e. The van der Waals surface area contributed by atoms with E-state index < -0.39 is 40.5 Å². The Kier molecular flexibility index (Phi) is 10.5. The zero-order valence-electron chi connectivity index (χ0n) is 25.6. The van der Waals surface area contributed by atoms with Gasteiger partial charge in [0, 0.05) is 16.3 Å². The van der Waals surface area contributed by atoms with Crippen LogP contribution in [0, 0.1) is 18.3 Å². The SMILES string of the molecule is Cc1c(C(=O)Nc2ccccc2)sc(NC(=O)C(Sc2cccc(NC(=O)c3ccc(C(=O)O)cc3C(=O)O)c2)c2ccccc2)c1C#N. The average Bonchev–Trinajstić information content (AvgIpc) is 3.41. The van der Waals surface area contributed by atoms with Gasteiger partial charge in [-0.1, -0.05) is 54.6 Å². The molecular weight excluding hydrogens is 665 g/mol. The quantitative estimate of drug-likeness (QED) is 0.0887. The van der Waals surface area contributed by atoms with Crippen LogP contribution in [0.15, 0.2) is 108 Å². The minimum atomic E-state index is -1.46. The molecule has 11 nitrogen and oxygen atoms in total. The van der Waals surface area contributed by atoms with Gasteiger partial charge >= 0.3 is 11.9 Å². The van der Waals surface area contributed by atoms with Crippen molar-refractivity contribution < 1.29 is 34.2 Å². The Morgan fingerprint density at radius 2 is 1.39 bits per heavy atom. The van der Waals surface area contributed by atoms with Crippen molar-refractivity contribution in [2.24, 2.45) is 0 Å². The number of nitrogens with one attached hydrogen (secondary N) is 3. The number of nitrogens with zero attached hydrogens (tertiary/aromatic N) is 1. The van der Waals surface area contributed by atoms with Crippen LogP contribution in [0.4, 0.5) is 16.4 Å². The first-order valence-electron chi connectivity index (χ1n) is 14.5. The van der Waals surface area contributed by atoms with E-state index in [1.54, 1.807) is 79.7 Å². The highest BCUT2D eigenvalue weighted by Gasteiger charge is 2.27. The summed E-state index contributed by atoms with van der Waals surface area (Å²) in [5.41, 5.74) is 1.18. The van der Waals surface area contributed by atoms with Crippen LogP contribution in [0.25, 0.3) is 0 Å². The van der Waals surface area contributed by atoms with E-state index in [1.807, 2.05) is 12.1 Å². The van der Waals surface area contributed by atoms with Crippen molar-refractivity contribution in [3.63, 3.8) is 0 Å². The van der Waals surface area contributed by atoms with E-state index in [0.29, 0.717) is 27.4 Å². The zero-order chi connectivity index (χ0) is 35.1. The van der Waals surface area contributed by atoms with Crippen LogP contribution in [-0.2, 0) is 4.79 Å². The fourth-order valence-electron chi connectivity index (χ4n) is 4.77. The number of carboxylic acid groups (broad SMARTS) is 2. The van der Waals surface area contributed by atoms with Gasteiger partial charge in [-0.3, -0.25) is 14.4 Å². The van der Waals surface area contributed by atoms with Crippen molar-refractivity contribution in [3.8, 4) is 6.07 Å². The molecule has 0 aliphatic carbocycles. The lowest BCUT2D eigenvalue weighted by Crippen LogP contribution is -2.19. The summed E-state index contributed by atoms with van der Waals surface area (Å²) in [6.45, 7) is 1.65. The Hall–Kier alpha value is -6.23. The number of para-hydroxylation sites is 1. The van der Waals surface area contributed by atoms with Crippen LogP contribution in [0.1, 0.15) is 62.7 Å². The van der Waals surface area contributed by atoms with E-state index >= 15 is 0 Å². The number of thiophene rings is 1. The van der Waals surface area contributed by atoms with Crippen molar-refractivity contribution >= 4 is 69.1 Å². The molecule has 5 rings (SSSR count).